The smallest absolute Gasteiger partial charge is 0.324 e. The molecule has 0 aliphatic heterocycles. The van der Waals surface area contributed by atoms with Gasteiger partial charge in [0.05, 0.1) is 22.3 Å². The van der Waals surface area contributed by atoms with Crippen LogP contribution < -0.4 is 5.56 Å². The molecule has 0 fully saturated rings. The number of halogens is 3. The topological polar surface area (TPSA) is 138 Å². The second-order valence-electron chi connectivity index (χ2n) is 6.28. The van der Waals surface area contributed by atoms with Crippen LogP contribution in [0, 0.1) is 6.92 Å². The first kappa shape index (κ1) is 19.3. The molecule has 0 amide bonds. The summed E-state index contributed by atoms with van der Waals surface area (Å²) in [6.45, 7) is 1.52. The van der Waals surface area contributed by atoms with Crippen LogP contribution in [0.4, 0.5) is 13.2 Å². The second-order valence-corrected chi connectivity index (χ2v) is 7.93. The van der Waals surface area contributed by atoms with Gasteiger partial charge in [-0.15, -0.1) is 10.2 Å². The van der Waals surface area contributed by atoms with E-state index in [0.29, 0.717) is 5.82 Å². The quantitative estimate of drug-likeness (QED) is 0.423. The molecule has 14 heteroatoms. The van der Waals surface area contributed by atoms with Crippen LogP contribution >= 0.6 is 7.60 Å². The van der Waals surface area contributed by atoms with E-state index in [0.717, 1.165) is 16.5 Å². The van der Waals surface area contributed by atoms with Crippen LogP contribution in [0.5, 0.6) is 0 Å². The maximum absolute atomic E-state index is 13.8. The summed E-state index contributed by atoms with van der Waals surface area (Å²) in [5, 5.41) is 7.13. The van der Waals surface area contributed by atoms with Gasteiger partial charge in [-0.1, -0.05) is 0 Å². The summed E-state index contributed by atoms with van der Waals surface area (Å²) in [7, 11) is -4.62. The number of aryl methyl sites for hydroxylation is 1. The van der Waals surface area contributed by atoms with Gasteiger partial charge in [-0.3, -0.25) is 13.8 Å². The predicted octanol–water partition coefficient (Wildman–Crippen LogP) is 1.76. The van der Waals surface area contributed by atoms with Gasteiger partial charge in [0.2, 0.25) is 5.65 Å². The molecule has 3 heterocycles. The second kappa shape index (κ2) is 6.24. The zero-order valence-electron chi connectivity index (χ0n) is 14.5. The van der Waals surface area contributed by atoms with Crippen LogP contribution in [0.3, 0.4) is 0 Å². The minimum atomic E-state index is -4.76. The molecule has 0 saturated carbocycles. The number of H-pyrrole nitrogens is 1. The van der Waals surface area contributed by atoms with Crippen molar-refractivity contribution < 1.29 is 27.5 Å². The zero-order valence-corrected chi connectivity index (χ0v) is 15.4. The molecule has 0 bridgehead atoms. The van der Waals surface area contributed by atoms with Crippen LogP contribution in [-0.4, -0.2) is 38.9 Å². The van der Waals surface area contributed by atoms with Gasteiger partial charge in [0.25, 0.3) is 5.56 Å². The molecule has 3 aromatic heterocycles. The lowest BCUT2D eigenvalue weighted by Crippen LogP contribution is -2.16. The number of nitrogens with zero attached hydrogens (tertiary/aromatic N) is 5. The average molecular weight is 428 g/mol. The zero-order chi connectivity index (χ0) is 21.1. The molecule has 152 valence electrons. The third-order valence-corrected chi connectivity index (χ3v) is 4.97. The number of imidazole rings is 1. The van der Waals surface area contributed by atoms with Gasteiger partial charge in [-0.2, -0.15) is 13.2 Å². The Morgan fingerprint density at radius 3 is 2.55 bits per heavy atom. The van der Waals surface area contributed by atoms with Crippen molar-refractivity contribution >= 4 is 24.3 Å². The Morgan fingerprint density at radius 2 is 1.97 bits per heavy atom. The highest BCUT2D eigenvalue weighted by Gasteiger charge is 2.35. The lowest BCUT2D eigenvalue weighted by molar-refractivity contribution is -0.137. The third-order valence-electron chi connectivity index (χ3n) is 4.27. The fraction of sp³-hybridized carbons (Fsp3) is 0.200. The molecule has 1 aromatic carbocycles. The van der Waals surface area contributed by atoms with Crippen LogP contribution in [-0.2, 0) is 16.9 Å². The van der Waals surface area contributed by atoms with Crippen molar-refractivity contribution in [1.29, 1.82) is 0 Å². The van der Waals surface area contributed by atoms with Crippen molar-refractivity contribution in [2.45, 2.75) is 19.3 Å². The molecule has 3 N–H and O–H groups in total. The minimum Gasteiger partial charge on any atom is -0.324 e. The number of fused-ring (bicyclic) bond motifs is 3. The first-order valence-corrected chi connectivity index (χ1v) is 9.81. The molecule has 0 saturated heterocycles. The lowest BCUT2D eigenvalue weighted by Gasteiger charge is -2.16. The van der Waals surface area contributed by atoms with E-state index in [4.69, 9.17) is 0 Å². The minimum absolute atomic E-state index is 0.00496. The molecule has 4 rings (SSSR count). The molecular formula is C15H12F3N6O4P. The van der Waals surface area contributed by atoms with Gasteiger partial charge in [-0.05, 0) is 19.1 Å². The van der Waals surface area contributed by atoms with Crippen molar-refractivity contribution in [3.63, 3.8) is 0 Å². The molecule has 0 aliphatic carbocycles. The standard InChI is InChI=1S/C15H12F3N6O4P/c1-7-19-2-3-23(7)10-5-9-11(4-8(10)15(16,17)18)24-12(6-29(26,27)28)21-22-13(24)14(25)20-9/h2-5H,6H2,1H3,(H,20,25)(H2,26,27,28). The monoisotopic (exact) mass is 428 g/mol. The molecule has 0 unspecified atom stereocenters. The van der Waals surface area contributed by atoms with E-state index in [-0.39, 0.29) is 28.2 Å². The van der Waals surface area contributed by atoms with Crippen LogP contribution in [0.15, 0.2) is 29.3 Å². The van der Waals surface area contributed by atoms with Crippen molar-refractivity contribution in [3.05, 3.63) is 52.1 Å². The van der Waals surface area contributed by atoms with Crippen molar-refractivity contribution in [1.82, 2.24) is 29.1 Å². The van der Waals surface area contributed by atoms with Gasteiger partial charge in [-0.25, -0.2) is 4.98 Å². The number of benzene rings is 1. The molecule has 29 heavy (non-hydrogen) atoms. The summed E-state index contributed by atoms with van der Waals surface area (Å²) >= 11 is 0. The van der Waals surface area contributed by atoms with E-state index < -0.39 is 31.1 Å². The summed E-state index contributed by atoms with van der Waals surface area (Å²) in [5.74, 6) is -0.0334. The summed E-state index contributed by atoms with van der Waals surface area (Å²) in [6.07, 6.45) is -2.97. The Kier molecular flexibility index (Phi) is 4.15. The number of alkyl halides is 3. The molecular weight excluding hydrogens is 416 g/mol. The van der Waals surface area contributed by atoms with E-state index in [2.05, 4.69) is 20.2 Å². The Labute approximate surface area is 158 Å². The van der Waals surface area contributed by atoms with E-state index in [9.17, 15) is 32.3 Å². The lowest BCUT2D eigenvalue weighted by atomic mass is 10.1. The largest absolute Gasteiger partial charge is 0.418 e. The highest BCUT2D eigenvalue weighted by atomic mass is 31.2. The average Bonchev–Trinajstić information content (AvgIpc) is 3.18. The number of aromatic amines is 1. The van der Waals surface area contributed by atoms with Crippen molar-refractivity contribution in [2.75, 3.05) is 0 Å². The Balaban J connectivity index is 2.14. The van der Waals surface area contributed by atoms with Gasteiger partial charge in [0, 0.05) is 12.4 Å². The van der Waals surface area contributed by atoms with E-state index in [1.54, 1.807) is 0 Å². The summed E-state index contributed by atoms with van der Waals surface area (Å²) in [4.78, 5) is 37.1. The normalized spacial score (nSPS) is 12.9. The van der Waals surface area contributed by atoms with Gasteiger partial charge < -0.3 is 19.3 Å². The molecule has 10 nitrogen and oxygen atoms in total. The molecule has 0 aliphatic rings. The molecule has 0 atom stereocenters. The highest BCUT2D eigenvalue weighted by molar-refractivity contribution is 7.50. The fourth-order valence-corrected chi connectivity index (χ4v) is 3.68. The summed E-state index contributed by atoms with van der Waals surface area (Å²) < 4.78 is 54.9. The maximum Gasteiger partial charge on any atom is 0.418 e. The Hall–Kier alpha value is -3.02. The van der Waals surface area contributed by atoms with Crippen LogP contribution in [0.25, 0.3) is 22.4 Å². The number of aromatic nitrogens is 6. The van der Waals surface area contributed by atoms with Crippen molar-refractivity contribution in [3.8, 4) is 5.69 Å². The number of rotatable bonds is 3. The van der Waals surface area contributed by atoms with Crippen LogP contribution in [0.1, 0.15) is 17.2 Å². The SMILES string of the molecule is Cc1nccn1-c1cc2[nH]c(=O)c3nnc(CP(=O)(O)O)n3c2cc1C(F)(F)F. The molecule has 0 radical (unpaired) electrons. The van der Waals surface area contributed by atoms with E-state index in [1.165, 1.54) is 23.9 Å². The number of hydrogen-bond donors (Lipinski definition) is 3. The predicted molar refractivity (Wildman–Crippen MR) is 93.7 cm³/mol. The fourth-order valence-electron chi connectivity index (χ4n) is 3.10. The van der Waals surface area contributed by atoms with E-state index in [1.807, 2.05) is 0 Å². The first-order valence-electron chi connectivity index (χ1n) is 8.02. The Morgan fingerprint density at radius 1 is 1.24 bits per heavy atom. The number of nitrogens with one attached hydrogen (secondary N) is 1. The Bertz CT molecular complexity index is 1370. The van der Waals surface area contributed by atoms with Gasteiger partial charge in [0.15, 0.2) is 0 Å². The third kappa shape index (κ3) is 3.33. The maximum atomic E-state index is 13.8. The summed E-state index contributed by atoms with van der Waals surface area (Å²) in [6, 6.07) is 1.90. The molecule has 4 aromatic rings. The number of hydrogen-bond acceptors (Lipinski definition) is 5. The van der Waals surface area contributed by atoms with Crippen LogP contribution in [0.2, 0.25) is 0 Å². The van der Waals surface area contributed by atoms with Crippen molar-refractivity contribution in [2.24, 2.45) is 0 Å². The summed E-state index contributed by atoms with van der Waals surface area (Å²) in [5.41, 5.74) is -2.59. The van der Waals surface area contributed by atoms with Gasteiger partial charge in [0.1, 0.15) is 17.8 Å². The van der Waals surface area contributed by atoms with E-state index >= 15 is 0 Å². The van der Waals surface area contributed by atoms with Gasteiger partial charge >= 0.3 is 13.8 Å². The molecule has 0 spiro atoms. The first-order chi connectivity index (χ1) is 13.5. The highest BCUT2D eigenvalue weighted by Crippen LogP contribution is 2.40.